The van der Waals surface area contributed by atoms with Crippen molar-refractivity contribution in [2.24, 2.45) is 7.05 Å². The van der Waals surface area contributed by atoms with E-state index in [1.165, 1.54) is 0 Å². The standard InChI is InChI=1S/C18H23N3O4/c1-21-6-5-19-18(21)16-13(4-3-7-23-16)20-10-12-8-14(22-2)17-15(9-12)24-11-25-17/h5-6,8-9,13,16,20H,3-4,7,10-11H2,1-2H3/t13-,16-/m0/s1. The fraction of sp³-hybridized carbons (Fsp3) is 0.500. The van der Waals surface area contributed by atoms with E-state index in [0.29, 0.717) is 18.0 Å². The molecule has 0 radical (unpaired) electrons. The molecule has 3 heterocycles. The molecule has 134 valence electrons. The lowest BCUT2D eigenvalue weighted by Gasteiger charge is -2.32. The highest BCUT2D eigenvalue weighted by Gasteiger charge is 2.30. The van der Waals surface area contributed by atoms with Gasteiger partial charge in [0.2, 0.25) is 12.5 Å². The van der Waals surface area contributed by atoms with E-state index in [-0.39, 0.29) is 18.9 Å². The van der Waals surface area contributed by atoms with E-state index in [9.17, 15) is 0 Å². The maximum absolute atomic E-state index is 6.01. The van der Waals surface area contributed by atoms with Crippen molar-refractivity contribution in [1.29, 1.82) is 0 Å². The molecule has 0 bridgehead atoms. The normalized spacial score (nSPS) is 22.2. The van der Waals surface area contributed by atoms with Gasteiger partial charge in [-0.2, -0.15) is 0 Å². The van der Waals surface area contributed by atoms with E-state index in [1.807, 2.05) is 36.1 Å². The van der Waals surface area contributed by atoms with Gasteiger partial charge >= 0.3 is 0 Å². The molecular formula is C18H23N3O4. The number of methoxy groups -OCH3 is 1. The van der Waals surface area contributed by atoms with Gasteiger partial charge in [0.1, 0.15) is 11.9 Å². The molecule has 1 N–H and O–H groups in total. The van der Waals surface area contributed by atoms with Crippen LogP contribution in [0.15, 0.2) is 24.5 Å². The maximum Gasteiger partial charge on any atom is 0.231 e. The summed E-state index contributed by atoms with van der Waals surface area (Å²) in [5.41, 5.74) is 1.09. The summed E-state index contributed by atoms with van der Waals surface area (Å²) in [5, 5.41) is 3.62. The van der Waals surface area contributed by atoms with Crippen LogP contribution in [0.5, 0.6) is 17.2 Å². The Morgan fingerprint density at radius 1 is 1.36 bits per heavy atom. The molecule has 1 aromatic carbocycles. The molecule has 0 amide bonds. The van der Waals surface area contributed by atoms with Gasteiger partial charge in [-0.15, -0.1) is 0 Å². The minimum absolute atomic E-state index is 0.0374. The van der Waals surface area contributed by atoms with Crippen molar-refractivity contribution in [3.63, 3.8) is 0 Å². The molecule has 4 rings (SSSR count). The second-order valence-electron chi connectivity index (χ2n) is 6.35. The van der Waals surface area contributed by atoms with Gasteiger partial charge in [0.05, 0.1) is 7.11 Å². The first-order valence-electron chi connectivity index (χ1n) is 8.55. The van der Waals surface area contributed by atoms with Crippen LogP contribution in [-0.4, -0.2) is 36.1 Å². The molecule has 0 aliphatic carbocycles. The van der Waals surface area contributed by atoms with E-state index in [0.717, 1.165) is 36.6 Å². The highest BCUT2D eigenvalue weighted by atomic mass is 16.7. The van der Waals surface area contributed by atoms with Crippen LogP contribution in [0.25, 0.3) is 0 Å². The number of imidazole rings is 1. The molecule has 7 nitrogen and oxygen atoms in total. The number of hydrogen-bond donors (Lipinski definition) is 1. The highest BCUT2D eigenvalue weighted by molar-refractivity contribution is 5.55. The summed E-state index contributed by atoms with van der Waals surface area (Å²) in [5.74, 6) is 3.07. The number of benzene rings is 1. The van der Waals surface area contributed by atoms with Crippen LogP contribution >= 0.6 is 0 Å². The molecule has 2 aliphatic heterocycles. The van der Waals surface area contributed by atoms with Gasteiger partial charge in [0.15, 0.2) is 11.5 Å². The predicted molar refractivity (Wildman–Crippen MR) is 90.9 cm³/mol. The quantitative estimate of drug-likeness (QED) is 0.896. The monoisotopic (exact) mass is 345 g/mol. The van der Waals surface area contributed by atoms with E-state index in [4.69, 9.17) is 18.9 Å². The number of nitrogens with zero attached hydrogens (tertiary/aromatic N) is 2. The smallest absolute Gasteiger partial charge is 0.231 e. The zero-order valence-corrected chi connectivity index (χ0v) is 14.5. The highest BCUT2D eigenvalue weighted by Crippen LogP contribution is 2.41. The van der Waals surface area contributed by atoms with E-state index in [1.54, 1.807) is 7.11 Å². The second kappa shape index (κ2) is 6.93. The van der Waals surface area contributed by atoms with Crippen LogP contribution in [0, 0.1) is 0 Å². The lowest BCUT2D eigenvalue weighted by molar-refractivity contribution is -0.0178. The number of aromatic nitrogens is 2. The van der Waals surface area contributed by atoms with Crippen molar-refractivity contribution in [3.05, 3.63) is 35.9 Å². The van der Waals surface area contributed by atoms with Crippen molar-refractivity contribution < 1.29 is 18.9 Å². The average molecular weight is 345 g/mol. The van der Waals surface area contributed by atoms with Crippen LogP contribution in [0.3, 0.4) is 0 Å². The fourth-order valence-electron chi connectivity index (χ4n) is 3.43. The first-order valence-corrected chi connectivity index (χ1v) is 8.55. The van der Waals surface area contributed by atoms with Crippen LogP contribution in [0.2, 0.25) is 0 Å². The summed E-state index contributed by atoms with van der Waals surface area (Å²) in [6, 6.07) is 4.20. The number of aryl methyl sites for hydroxylation is 1. The van der Waals surface area contributed by atoms with Crippen LogP contribution < -0.4 is 19.5 Å². The summed E-state index contributed by atoms with van der Waals surface area (Å²) in [7, 11) is 3.64. The van der Waals surface area contributed by atoms with E-state index < -0.39 is 0 Å². The Kier molecular flexibility index (Phi) is 4.50. The van der Waals surface area contributed by atoms with E-state index in [2.05, 4.69) is 10.3 Å². The van der Waals surface area contributed by atoms with Crippen LogP contribution in [-0.2, 0) is 18.3 Å². The Labute approximate surface area is 146 Å². The minimum Gasteiger partial charge on any atom is -0.493 e. The van der Waals surface area contributed by atoms with Gasteiger partial charge in [-0.25, -0.2) is 4.98 Å². The molecule has 2 aliphatic rings. The first-order chi connectivity index (χ1) is 12.3. The summed E-state index contributed by atoms with van der Waals surface area (Å²) >= 11 is 0. The number of rotatable bonds is 5. The fourth-order valence-corrected chi connectivity index (χ4v) is 3.43. The SMILES string of the molecule is COc1cc(CN[C@H]2CCCO[C@@H]2c2nccn2C)cc2c1OCO2. The molecule has 0 unspecified atom stereocenters. The number of ether oxygens (including phenoxy) is 4. The lowest BCUT2D eigenvalue weighted by atomic mass is 10.0. The second-order valence-corrected chi connectivity index (χ2v) is 6.35. The zero-order valence-electron chi connectivity index (χ0n) is 14.5. The third-order valence-electron chi connectivity index (χ3n) is 4.72. The van der Waals surface area contributed by atoms with Crippen molar-refractivity contribution in [3.8, 4) is 17.2 Å². The van der Waals surface area contributed by atoms with Crippen molar-refractivity contribution in [2.45, 2.75) is 31.5 Å². The Morgan fingerprint density at radius 3 is 3.08 bits per heavy atom. The zero-order chi connectivity index (χ0) is 17.2. The van der Waals surface area contributed by atoms with Gasteiger partial charge in [-0.3, -0.25) is 0 Å². The summed E-state index contributed by atoms with van der Waals surface area (Å²) in [6.07, 6.45) is 5.83. The third kappa shape index (κ3) is 3.17. The molecule has 1 fully saturated rings. The minimum atomic E-state index is -0.0374. The molecule has 7 heteroatoms. The number of hydrogen-bond acceptors (Lipinski definition) is 6. The average Bonchev–Trinajstić information content (AvgIpc) is 3.28. The number of fused-ring (bicyclic) bond motifs is 1. The van der Waals surface area contributed by atoms with Crippen LogP contribution in [0.1, 0.15) is 30.3 Å². The summed E-state index contributed by atoms with van der Waals surface area (Å²) in [6.45, 7) is 1.70. The molecule has 2 aromatic rings. The summed E-state index contributed by atoms with van der Waals surface area (Å²) in [4.78, 5) is 4.46. The van der Waals surface area contributed by atoms with E-state index >= 15 is 0 Å². The molecular weight excluding hydrogens is 322 g/mol. The number of nitrogens with one attached hydrogen (secondary N) is 1. The lowest BCUT2D eigenvalue weighted by Crippen LogP contribution is -2.40. The van der Waals surface area contributed by atoms with Crippen molar-refractivity contribution in [2.75, 3.05) is 20.5 Å². The Bertz CT molecular complexity index is 746. The maximum atomic E-state index is 6.01. The third-order valence-corrected chi connectivity index (χ3v) is 4.72. The Morgan fingerprint density at radius 2 is 2.28 bits per heavy atom. The molecule has 1 aromatic heterocycles. The molecule has 2 atom stereocenters. The first kappa shape index (κ1) is 16.2. The van der Waals surface area contributed by atoms with Gasteiger partial charge in [-0.1, -0.05) is 0 Å². The predicted octanol–water partition coefficient (Wildman–Crippen LogP) is 2.17. The Balaban J connectivity index is 1.49. The van der Waals surface area contributed by atoms with Crippen LogP contribution in [0.4, 0.5) is 0 Å². The van der Waals surface area contributed by atoms with Gasteiger partial charge < -0.3 is 28.8 Å². The topological polar surface area (TPSA) is 66.8 Å². The van der Waals surface area contributed by atoms with Gasteiger partial charge in [0.25, 0.3) is 0 Å². The summed E-state index contributed by atoms with van der Waals surface area (Å²) < 4.78 is 24.4. The molecule has 1 saturated heterocycles. The molecule has 25 heavy (non-hydrogen) atoms. The van der Waals surface area contributed by atoms with Gasteiger partial charge in [0, 0.05) is 38.6 Å². The van der Waals surface area contributed by atoms with Crippen molar-refractivity contribution >= 4 is 0 Å². The van der Waals surface area contributed by atoms with Gasteiger partial charge in [-0.05, 0) is 30.5 Å². The Hall–Kier alpha value is -2.25. The molecule has 0 saturated carbocycles. The largest absolute Gasteiger partial charge is 0.493 e. The van der Waals surface area contributed by atoms with Crippen molar-refractivity contribution in [1.82, 2.24) is 14.9 Å². The molecule has 0 spiro atoms.